The Morgan fingerprint density at radius 3 is 2.45 bits per heavy atom. The number of rotatable bonds is 5. The zero-order valence-corrected chi connectivity index (χ0v) is 19.1. The van der Waals surface area contributed by atoms with Crippen LogP contribution in [0.3, 0.4) is 0 Å². The first-order valence-electron chi connectivity index (χ1n) is 10.3. The van der Waals surface area contributed by atoms with Gasteiger partial charge in [-0.05, 0) is 37.6 Å². The summed E-state index contributed by atoms with van der Waals surface area (Å²) in [6.45, 7) is 3.75. The summed E-state index contributed by atoms with van der Waals surface area (Å²) in [7, 11) is -3.50. The van der Waals surface area contributed by atoms with Gasteiger partial charge in [-0.1, -0.05) is 41.6 Å². The van der Waals surface area contributed by atoms with Crippen LogP contribution in [0, 0.1) is 13.8 Å². The van der Waals surface area contributed by atoms with Crippen molar-refractivity contribution in [1.29, 1.82) is 0 Å². The smallest absolute Gasteiger partial charge is 0.232 e. The number of aromatic nitrogens is 4. The third kappa shape index (κ3) is 3.98. The van der Waals surface area contributed by atoms with Gasteiger partial charge in [0.05, 0.1) is 28.7 Å². The summed E-state index contributed by atoms with van der Waals surface area (Å²) >= 11 is 0. The molecular weight excluding hydrogens is 438 g/mol. The molecule has 0 aliphatic heterocycles. The van der Waals surface area contributed by atoms with Crippen LogP contribution < -0.4 is 4.72 Å². The second-order valence-electron chi connectivity index (χ2n) is 7.84. The molecule has 2 N–H and O–H groups in total. The minimum Gasteiger partial charge on any atom is -0.361 e. The third-order valence-electron chi connectivity index (χ3n) is 5.34. The third-order valence-corrected chi connectivity index (χ3v) is 5.90. The van der Waals surface area contributed by atoms with Crippen LogP contribution in [0.2, 0.25) is 0 Å². The monoisotopic (exact) mass is 459 g/mol. The molecule has 3 aromatic heterocycles. The van der Waals surface area contributed by atoms with Gasteiger partial charge < -0.3 is 9.51 Å². The second-order valence-corrected chi connectivity index (χ2v) is 9.59. The van der Waals surface area contributed by atoms with Gasteiger partial charge >= 0.3 is 0 Å². The molecule has 0 aliphatic carbocycles. The van der Waals surface area contributed by atoms with Crippen molar-refractivity contribution in [2.24, 2.45) is 0 Å². The molecule has 0 radical (unpaired) electrons. The molecule has 9 heteroatoms. The Kier molecular flexibility index (Phi) is 4.98. The highest BCUT2D eigenvalue weighted by Gasteiger charge is 2.20. The molecule has 0 fully saturated rings. The highest BCUT2D eigenvalue weighted by Crippen LogP contribution is 2.39. The number of nitrogens with zero attached hydrogens (tertiary/aromatic N) is 3. The fraction of sp³-hybridized carbons (Fsp3) is 0.125. The van der Waals surface area contributed by atoms with E-state index < -0.39 is 10.0 Å². The molecule has 0 bridgehead atoms. The number of aryl methyl sites for hydroxylation is 2. The van der Waals surface area contributed by atoms with E-state index in [4.69, 9.17) is 4.52 Å². The molecule has 0 amide bonds. The molecule has 0 atom stereocenters. The normalized spacial score (nSPS) is 11.7. The number of sulfonamides is 1. The van der Waals surface area contributed by atoms with E-state index in [1.807, 2.05) is 68.4 Å². The first kappa shape index (κ1) is 20.9. The van der Waals surface area contributed by atoms with Gasteiger partial charge in [-0.25, -0.2) is 13.4 Å². The molecule has 166 valence electrons. The van der Waals surface area contributed by atoms with Crippen molar-refractivity contribution in [3.8, 4) is 33.5 Å². The predicted molar refractivity (Wildman–Crippen MR) is 128 cm³/mol. The summed E-state index contributed by atoms with van der Waals surface area (Å²) in [5, 5.41) is 4.09. The van der Waals surface area contributed by atoms with Crippen molar-refractivity contribution in [3.05, 3.63) is 72.2 Å². The van der Waals surface area contributed by atoms with Crippen LogP contribution in [-0.4, -0.2) is 34.8 Å². The summed E-state index contributed by atoms with van der Waals surface area (Å²) in [5.41, 5.74) is 7.29. The lowest BCUT2D eigenvalue weighted by molar-refractivity contribution is 0.393. The van der Waals surface area contributed by atoms with Crippen molar-refractivity contribution in [1.82, 2.24) is 20.1 Å². The molecule has 0 unspecified atom stereocenters. The van der Waals surface area contributed by atoms with E-state index in [-0.39, 0.29) is 5.95 Å². The lowest BCUT2D eigenvalue weighted by Crippen LogP contribution is -2.10. The van der Waals surface area contributed by atoms with Crippen molar-refractivity contribution in [2.45, 2.75) is 13.8 Å². The largest absolute Gasteiger partial charge is 0.361 e. The van der Waals surface area contributed by atoms with E-state index in [1.165, 1.54) is 0 Å². The Hall–Kier alpha value is -3.98. The molecule has 5 aromatic rings. The number of hydrogen-bond donors (Lipinski definition) is 2. The molecular formula is C24H21N5O3S. The fourth-order valence-corrected chi connectivity index (χ4v) is 4.48. The molecule has 0 spiro atoms. The van der Waals surface area contributed by atoms with E-state index in [2.05, 4.69) is 24.8 Å². The summed E-state index contributed by atoms with van der Waals surface area (Å²) in [6, 6.07) is 17.7. The molecule has 0 saturated heterocycles. The van der Waals surface area contributed by atoms with E-state index in [9.17, 15) is 8.42 Å². The average molecular weight is 460 g/mol. The topological polar surface area (TPSA) is 114 Å². The number of aromatic amines is 1. The van der Waals surface area contributed by atoms with Gasteiger partial charge in [0.15, 0.2) is 0 Å². The highest BCUT2D eigenvalue weighted by atomic mass is 32.2. The Morgan fingerprint density at radius 2 is 1.76 bits per heavy atom. The molecule has 3 heterocycles. The van der Waals surface area contributed by atoms with E-state index in [1.54, 1.807) is 6.20 Å². The van der Waals surface area contributed by atoms with Gasteiger partial charge in [0, 0.05) is 28.5 Å². The molecule has 0 saturated carbocycles. The first-order chi connectivity index (χ1) is 15.8. The molecule has 5 rings (SSSR count). The molecule has 0 aliphatic rings. The number of H-pyrrole nitrogens is 1. The molecule has 2 aromatic carbocycles. The van der Waals surface area contributed by atoms with E-state index in [0.717, 1.165) is 45.5 Å². The van der Waals surface area contributed by atoms with Gasteiger partial charge in [0.1, 0.15) is 5.76 Å². The number of anilines is 1. The van der Waals surface area contributed by atoms with Gasteiger partial charge in [0.25, 0.3) is 0 Å². The van der Waals surface area contributed by atoms with Gasteiger partial charge in [-0.2, -0.15) is 0 Å². The average Bonchev–Trinajstić information content (AvgIpc) is 3.34. The van der Waals surface area contributed by atoms with Crippen LogP contribution in [0.15, 0.2) is 65.3 Å². The zero-order chi connectivity index (χ0) is 23.2. The van der Waals surface area contributed by atoms with Crippen molar-refractivity contribution in [2.75, 3.05) is 11.0 Å². The van der Waals surface area contributed by atoms with Gasteiger partial charge in [-0.3, -0.25) is 9.71 Å². The standard InChI is InChI=1S/C24H21N5O3S/c1-14-21(15(2)32-28-14)17-12-19(23-20(13-17)26-24(27-23)29-33(3,30)31)18-10-7-11-25-22(18)16-8-5-4-6-9-16/h4-13H,1-3H3,(H2,26,27,29). The maximum Gasteiger partial charge on any atom is 0.232 e. The van der Waals surface area contributed by atoms with Crippen molar-refractivity contribution in [3.63, 3.8) is 0 Å². The van der Waals surface area contributed by atoms with Crippen LogP contribution in [0.5, 0.6) is 0 Å². The number of nitrogens with one attached hydrogen (secondary N) is 2. The first-order valence-corrected chi connectivity index (χ1v) is 12.1. The van der Waals surface area contributed by atoms with Crippen molar-refractivity contribution < 1.29 is 12.9 Å². The van der Waals surface area contributed by atoms with Crippen LogP contribution >= 0.6 is 0 Å². The summed E-state index contributed by atoms with van der Waals surface area (Å²) in [5.74, 6) is 0.844. The van der Waals surface area contributed by atoms with Crippen LogP contribution in [0.4, 0.5) is 5.95 Å². The highest BCUT2D eigenvalue weighted by molar-refractivity contribution is 7.92. The number of pyridine rings is 1. The lowest BCUT2D eigenvalue weighted by atomic mass is 9.94. The quantitative estimate of drug-likeness (QED) is 0.385. The Balaban J connectivity index is 1.81. The van der Waals surface area contributed by atoms with Gasteiger partial charge in [0.2, 0.25) is 16.0 Å². The number of imidazole rings is 1. The molecule has 33 heavy (non-hydrogen) atoms. The zero-order valence-electron chi connectivity index (χ0n) is 18.2. The second kappa shape index (κ2) is 7.86. The number of benzene rings is 2. The van der Waals surface area contributed by atoms with E-state index in [0.29, 0.717) is 16.8 Å². The van der Waals surface area contributed by atoms with Crippen LogP contribution in [-0.2, 0) is 10.0 Å². The maximum absolute atomic E-state index is 11.8. The van der Waals surface area contributed by atoms with Crippen molar-refractivity contribution >= 4 is 27.0 Å². The Labute approximate surface area is 190 Å². The summed E-state index contributed by atoms with van der Waals surface area (Å²) in [6.07, 6.45) is 2.84. The van der Waals surface area contributed by atoms with E-state index >= 15 is 0 Å². The van der Waals surface area contributed by atoms with Gasteiger partial charge in [-0.15, -0.1) is 0 Å². The maximum atomic E-state index is 11.8. The predicted octanol–water partition coefficient (Wildman–Crippen LogP) is 4.94. The Bertz CT molecular complexity index is 1570. The summed E-state index contributed by atoms with van der Waals surface area (Å²) < 4.78 is 31.4. The fourth-order valence-electron chi connectivity index (χ4n) is 4.03. The SMILES string of the molecule is Cc1noc(C)c1-c1cc(-c2cccnc2-c2ccccc2)c2nc(NS(C)(=O)=O)[nH]c2c1. The Morgan fingerprint density at radius 1 is 0.970 bits per heavy atom. The summed E-state index contributed by atoms with van der Waals surface area (Å²) in [4.78, 5) is 12.3. The minimum absolute atomic E-state index is 0.148. The number of hydrogen-bond acceptors (Lipinski definition) is 6. The van der Waals surface area contributed by atoms with Crippen LogP contribution in [0.25, 0.3) is 44.5 Å². The minimum atomic E-state index is -3.50. The lowest BCUT2D eigenvalue weighted by Gasteiger charge is -2.11. The molecule has 8 nitrogen and oxygen atoms in total. The number of fused-ring (bicyclic) bond motifs is 1. The van der Waals surface area contributed by atoms with Crippen LogP contribution in [0.1, 0.15) is 11.5 Å².